The maximum Gasteiger partial charge on any atom is 0.126 e. The first-order chi connectivity index (χ1) is 8.48. The van der Waals surface area contributed by atoms with Gasteiger partial charge in [0.25, 0.3) is 0 Å². The summed E-state index contributed by atoms with van der Waals surface area (Å²) in [6, 6.07) is 1.98. The molecule has 1 heterocycles. The highest BCUT2D eigenvalue weighted by Crippen LogP contribution is 2.47. The van der Waals surface area contributed by atoms with Gasteiger partial charge in [0.1, 0.15) is 5.75 Å². The van der Waals surface area contributed by atoms with Crippen molar-refractivity contribution in [3.8, 4) is 5.75 Å². The molecule has 1 unspecified atom stereocenters. The largest absolute Gasteiger partial charge is 0.493 e. The monoisotopic (exact) mass is 266 g/mol. The Hall–Kier alpha value is -0.730. The van der Waals surface area contributed by atoms with Gasteiger partial charge in [-0.05, 0) is 36.3 Å². The number of ether oxygens (including phenoxy) is 1. The van der Waals surface area contributed by atoms with Crippen LogP contribution in [-0.2, 0) is 12.8 Å². The van der Waals surface area contributed by atoms with Crippen LogP contribution in [0.2, 0.25) is 5.02 Å². The van der Waals surface area contributed by atoms with Crippen molar-refractivity contribution >= 4 is 11.6 Å². The molecule has 1 aliphatic heterocycles. The summed E-state index contributed by atoms with van der Waals surface area (Å²) in [6.07, 6.45) is 3.23. The number of hydrogen-bond donors (Lipinski definition) is 1. The molecule has 1 aromatic rings. The van der Waals surface area contributed by atoms with Crippen LogP contribution < -0.4 is 4.74 Å². The zero-order valence-corrected chi connectivity index (χ0v) is 11.7. The summed E-state index contributed by atoms with van der Waals surface area (Å²) in [6.45, 7) is 5.15. The Morgan fingerprint density at radius 1 is 1.39 bits per heavy atom. The molecule has 98 valence electrons. The summed E-state index contributed by atoms with van der Waals surface area (Å²) in [5, 5.41) is 11.2. The first-order valence-electron chi connectivity index (χ1n) is 6.63. The molecular formula is C15H19ClO2. The fourth-order valence-electron chi connectivity index (χ4n) is 3.18. The van der Waals surface area contributed by atoms with Crippen molar-refractivity contribution in [1.29, 1.82) is 0 Å². The molecule has 2 nitrogen and oxygen atoms in total. The third-order valence-corrected chi connectivity index (χ3v) is 4.51. The van der Waals surface area contributed by atoms with Crippen LogP contribution in [0.4, 0.5) is 0 Å². The fraction of sp³-hybridized carbons (Fsp3) is 0.600. The first-order valence-corrected chi connectivity index (χ1v) is 7.01. The predicted octanol–water partition coefficient (Wildman–Crippen LogP) is 3.67. The molecule has 0 radical (unpaired) electrons. The molecule has 2 aliphatic rings. The lowest BCUT2D eigenvalue weighted by Crippen LogP contribution is -2.13. The van der Waals surface area contributed by atoms with Crippen molar-refractivity contribution in [1.82, 2.24) is 0 Å². The lowest BCUT2D eigenvalue weighted by Gasteiger charge is -2.24. The van der Waals surface area contributed by atoms with Gasteiger partial charge in [-0.1, -0.05) is 25.4 Å². The molecule has 1 aromatic carbocycles. The van der Waals surface area contributed by atoms with E-state index in [0.29, 0.717) is 5.02 Å². The van der Waals surface area contributed by atoms with Crippen LogP contribution in [0.5, 0.6) is 5.75 Å². The smallest absolute Gasteiger partial charge is 0.126 e. The van der Waals surface area contributed by atoms with Crippen LogP contribution in [-0.4, -0.2) is 11.7 Å². The number of hydrogen-bond acceptors (Lipinski definition) is 2. The number of rotatable bonds is 0. The molecule has 0 aromatic heterocycles. The van der Waals surface area contributed by atoms with Gasteiger partial charge in [0.2, 0.25) is 0 Å². The van der Waals surface area contributed by atoms with Gasteiger partial charge < -0.3 is 9.84 Å². The Morgan fingerprint density at radius 2 is 2.17 bits per heavy atom. The Bertz CT molecular complexity index is 494. The van der Waals surface area contributed by atoms with E-state index >= 15 is 0 Å². The molecule has 0 saturated carbocycles. The minimum absolute atomic E-state index is 0.146. The second-order valence-corrected chi connectivity index (χ2v) is 6.63. The van der Waals surface area contributed by atoms with Crippen molar-refractivity contribution in [3.05, 3.63) is 27.8 Å². The van der Waals surface area contributed by atoms with E-state index in [-0.39, 0.29) is 5.41 Å². The van der Waals surface area contributed by atoms with Crippen LogP contribution in [0.1, 0.15) is 49.5 Å². The fourth-order valence-corrected chi connectivity index (χ4v) is 3.56. The van der Waals surface area contributed by atoms with Gasteiger partial charge in [0.15, 0.2) is 0 Å². The Labute approximate surface area is 113 Å². The quantitative estimate of drug-likeness (QED) is 0.726. The van der Waals surface area contributed by atoms with Gasteiger partial charge >= 0.3 is 0 Å². The predicted molar refractivity (Wildman–Crippen MR) is 72.3 cm³/mol. The number of benzene rings is 1. The zero-order chi connectivity index (χ0) is 12.9. The highest BCUT2D eigenvalue weighted by molar-refractivity contribution is 6.31. The average Bonchev–Trinajstić information content (AvgIpc) is 2.67. The number of halogens is 1. The molecule has 1 atom stereocenters. The lowest BCUT2D eigenvalue weighted by atomic mass is 9.84. The highest BCUT2D eigenvalue weighted by atomic mass is 35.5. The molecule has 0 bridgehead atoms. The molecule has 18 heavy (non-hydrogen) atoms. The maximum absolute atomic E-state index is 10.4. The van der Waals surface area contributed by atoms with Gasteiger partial charge in [0.05, 0.1) is 12.7 Å². The topological polar surface area (TPSA) is 29.5 Å². The number of aliphatic hydroxyl groups excluding tert-OH is 1. The second kappa shape index (κ2) is 4.14. The summed E-state index contributed by atoms with van der Waals surface area (Å²) >= 11 is 6.37. The van der Waals surface area contributed by atoms with Crippen LogP contribution in [0.3, 0.4) is 0 Å². The summed E-state index contributed by atoms with van der Waals surface area (Å²) in [5.74, 6) is 0.992. The minimum atomic E-state index is -0.473. The van der Waals surface area contributed by atoms with Crippen LogP contribution in [0.25, 0.3) is 0 Å². The number of fused-ring (bicyclic) bond motifs is 3. The molecule has 1 N–H and O–H groups in total. The van der Waals surface area contributed by atoms with E-state index < -0.39 is 6.10 Å². The molecule has 0 amide bonds. The Morgan fingerprint density at radius 3 is 2.94 bits per heavy atom. The summed E-state index contributed by atoms with van der Waals surface area (Å²) in [7, 11) is 0. The molecule has 1 aliphatic carbocycles. The van der Waals surface area contributed by atoms with E-state index in [1.807, 2.05) is 6.07 Å². The summed E-state index contributed by atoms with van der Waals surface area (Å²) in [4.78, 5) is 0. The van der Waals surface area contributed by atoms with Crippen molar-refractivity contribution < 1.29 is 9.84 Å². The van der Waals surface area contributed by atoms with E-state index in [4.69, 9.17) is 16.3 Å². The van der Waals surface area contributed by atoms with Gasteiger partial charge in [-0.25, -0.2) is 0 Å². The van der Waals surface area contributed by atoms with Gasteiger partial charge in [0, 0.05) is 22.6 Å². The van der Waals surface area contributed by atoms with Gasteiger partial charge in [-0.15, -0.1) is 0 Å². The third-order valence-electron chi connectivity index (χ3n) is 4.20. The van der Waals surface area contributed by atoms with Crippen molar-refractivity contribution in [2.24, 2.45) is 5.41 Å². The van der Waals surface area contributed by atoms with Crippen molar-refractivity contribution in [2.45, 2.75) is 45.6 Å². The first kappa shape index (κ1) is 12.3. The van der Waals surface area contributed by atoms with Crippen molar-refractivity contribution in [2.75, 3.05) is 6.61 Å². The summed E-state index contributed by atoms with van der Waals surface area (Å²) < 4.78 is 5.75. The SMILES string of the molecule is CC1(C)CCc2c3c(cc(Cl)c2C(O)C1)CCO3. The molecule has 0 saturated heterocycles. The van der Waals surface area contributed by atoms with Gasteiger partial charge in [-0.2, -0.15) is 0 Å². The lowest BCUT2D eigenvalue weighted by molar-refractivity contribution is 0.116. The Kier molecular flexibility index (Phi) is 2.83. The molecule has 0 spiro atoms. The van der Waals surface area contributed by atoms with Crippen LogP contribution in [0, 0.1) is 5.41 Å². The van der Waals surface area contributed by atoms with Gasteiger partial charge in [-0.3, -0.25) is 0 Å². The average molecular weight is 267 g/mol. The van der Waals surface area contributed by atoms with Crippen LogP contribution >= 0.6 is 11.6 Å². The second-order valence-electron chi connectivity index (χ2n) is 6.22. The third kappa shape index (κ3) is 1.92. The van der Waals surface area contributed by atoms with E-state index in [0.717, 1.165) is 49.2 Å². The Balaban J connectivity index is 2.15. The molecule has 3 rings (SSSR count). The summed E-state index contributed by atoms with van der Waals surface area (Å²) in [5.41, 5.74) is 3.40. The van der Waals surface area contributed by atoms with Crippen molar-refractivity contribution in [3.63, 3.8) is 0 Å². The van der Waals surface area contributed by atoms with E-state index in [2.05, 4.69) is 13.8 Å². The highest BCUT2D eigenvalue weighted by Gasteiger charge is 2.33. The molecular weight excluding hydrogens is 248 g/mol. The van der Waals surface area contributed by atoms with E-state index in [1.165, 1.54) is 5.56 Å². The number of aliphatic hydroxyl groups is 1. The van der Waals surface area contributed by atoms with Crippen LogP contribution in [0.15, 0.2) is 6.07 Å². The van der Waals surface area contributed by atoms with E-state index in [1.54, 1.807) is 0 Å². The minimum Gasteiger partial charge on any atom is -0.493 e. The zero-order valence-electron chi connectivity index (χ0n) is 10.9. The normalized spacial score (nSPS) is 25.0. The maximum atomic E-state index is 10.4. The molecule has 3 heteroatoms. The molecule has 0 fully saturated rings. The standard InChI is InChI=1S/C15H19ClO2/c1-15(2)5-3-10-13(12(17)8-15)11(16)7-9-4-6-18-14(9)10/h7,12,17H,3-6,8H2,1-2H3. The van der Waals surface area contributed by atoms with E-state index in [9.17, 15) is 5.11 Å².